The van der Waals surface area contributed by atoms with Crippen molar-refractivity contribution in [1.29, 1.82) is 0 Å². The van der Waals surface area contributed by atoms with Gasteiger partial charge in [0.25, 0.3) is 0 Å². The molecule has 0 rings (SSSR count). The Bertz CT molecular complexity index is 165. The average molecular weight is 178 g/mol. The third-order valence-electron chi connectivity index (χ3n) is 1.54. The first kappa shape index (κ1) is 10.4. The minimum absolute atomic E-state index is 0.305. The Labute approximate surface area is 70.9 Å². The fourth-order valence-electron chi connectivity index (χ4n) is 0.817. The summed E-state index contributed by atoms with van der Waals surface area (Å²) in [7, 11) is 0. The van der Waals surface area contributed by atoms with Crippen molar-refractivity contribution in [3.8, 4) is 0 Å². The van der Waals surface area contributed by atoms with Crippen molar-refractivity contribution in [3.05, 3.63) is 0 Å². The van der Waals surface area contributed by atoms with Crippen molar-refractivity contribution in [2.45, 2.75) is 31.6 Å². The van der Waals surface area contributed by atoms with Crippen LogP contribution in [-0.4, -0.2) is 16.6 Å². The van der Waals surface area contributed by atoms with Gasteiger partial charge in [-0.2, -0.15) is 0 Å². The summed E-state index contributed by atoms with van der Waals surface area (Å²) in [4.78, 5) is 20.1. The molecule has 0 saturated heterocycles. The molecule has 1 amide bonds. The first-order chi connectivity index (χ1) is 4.95. The highest BCUT2D eigenvalue weighted by molar-refractivity contribution is 6.46. The number of carbonyl (C=O) groups is 2. The van der Waals surface area contributed by atoms with E-state index in [2.05, 4.69) is 0 Å². The van der Waals surface area contributed by atoms with E-state index in [-0.39, 0.29) is 5.78 Å². The van der Waals surface area contributed by atoms with Gasteiger partial charge in [0.15, 0.2) is 10.7 Å². The van der Waals surface area contributed by atoms with Gasteiger partial charge in [-0.05, 0) is 13.3 Å². The zero-order valence-electron chi connectivity index (χ0n) is 6.69. The van der Waals surface area contributed by atoms with Gasteiger partial charge < -0.3 is 5.73 Å². The number of primary amides is 1. The summed E-state index contributed by atoms with van der Waals surface area (Å²) < 4.78 is 0. The number of hydrogen-bond acceptors (Lipinski definition) is 2. The number of halogens is 1. The zero-order chi connectivity index (χ0) is 9.07. The number of ketones is 1. The predicted octanol–water partition coefficient (Wildman–Crippen LogP) is 0.838. The van der Waals surface area contributed by atoms with E-state index in [1.807, 2.05) is 6.92 Å². The molecule has 0 bridgehead atoms. The lowest BCUT2D eigenvalue weighted by Gasteiger charge is -2.18. The third-order valence-corrected chi connectivity index (χ3v) is 2.18. The number of nitrogens with two attached hydrogens (primary N) is 1. The maximum absolute atomic E-state index is 10.9. The van der Waals surface area contributed by atoms with Crippen LogP contribution in [0.4, 0.5) is 0 Å². The van der Waals surface area contributed by atoms with Crippen LogP contribution in [0.25, 0.3) is 0 Å². The molecule has 1 atom stereocenters. The second-order valence-corrected chi connectivity index (χ2v) is 3.12. The van der Waals surface area contributed by atoms with Crippen molar-refractivity contribution in [1.82, 2.24) is 0 Å². The number of hydrogen-bond donors (Lipinski definition) is 1. The highest BCUT2D eigenvalue weighted by Crippen LogP contribution is 2.22. The highest BCUT2D eigenvalue weighted by atomic mass is 35.5. The molecule has 0 radical (unpaired) electrons. The largest absolute Gasteiger partial charge is 0.368 e. The first-order valence-corrected chi connectivity index (χ1v) is 3.82. The Balaban J connectivity index is 4.52. The fourth-order valence-corrected chi connectivity index (χ4v) is 1.01. The van der Waals surface area contributed by atoms with Gasteiger partial charge in [0.1, 0.15) is 0 Å². The molecule has 64 valence electrons. The molecule has 0 spiro atoms. The normalized spacial score (nSPS) is 15.5. The summed E-state index contributed by atoms with van der Waals surface area (Å²) in [5.41, 5.74) is 4.97. The maximum atomic E-state index is 10.9. The molecule has 0 aliphatic heterocycles. The Morgan fingerprint density at radius 3 is 2.09 bits per heavy atom. The van der Waals surface area contributed by atoms with E-state index in [0.29, 0.717) is 12.8 Å². The van der Waals surface area contributed by atoms with Crippen LogP contribution >= 0.6 is 11.6 Å². The van der Waals surface area contributed by atoms with Crippen LogP contribution in [0.1, 0.15) is 26.7 Å². The van der Waals surface area contributed by atoms with Gasteiger partial charge in [-0.3, -0.25) is 9.59 Å². The minimum atomic E-state index is -1.48. The topological polar surface area (TPSA) is 60.2 Å². The standard InChI is InChI=1S/C7H12ClNO2/c1-3-4-7(8,5(2)10)6(9)11/h3-4H2,1-2H3,(H2,9,11). The average Bonchev–Trinajstić information content (AvgIpc) is 1.87. The van der Waals surface area contributed by atoms with Crippen LogP contribution in [0.2, 0.25) is 0 Å². The van der Waals surface area contributed by atoms with E-state index in [0.717, 1.165) is 0 Å². The predicted molar refractivity (Wildman–Crippen MR) is 43.4 cm³/mol. The molecular formula is C7H12ClNO2. The molecule has 0 aliphatic rings. The van der Waals surface area contributed by atoms with Crippen LogP contribution < -0.4 is 5.73 Å². The lowest BCUT2D eigenvalue weighted by Crippen LogP contribution is -2.44. The van der Waals surface area contributed by atoms with Crippen LogP contribution in [-0.2, 0) is 9.59 Å². The molecule has 3 nitrogen and oxygen atoms in total. The van der Waals surface area contributed by atoms with E-state index in [4.69, 9.17) is 17.3 Å². The van der Waals surface area contributed by atoms with Gasteiger partial charge in [-0.15, -0.1) is 11.6 Å². The molecular weight excluding hydrogens is 166 g/mol. The molecule has 0 aliphatic carbocycles. The van der Waals surface area contributed by atoms with Crippen LogP contribution in [0.3, 0.4) is 0 Å². The molecule has 11 heavy (non-hydrogen) atoms. The number of amides is 1. The molecule has 0 aromatic rings. The summed E-state index contributed by atoms with van der Waals surface area (Å²) in [5, 5.41) is 0. The second kappa shape index (κ2) is 3.72. The van der Waals surface area contributed by atoms with Crippen LogP contribution in [0.15, 0.2) is 0 Å². The van der Waals surface area contributed by atoms with E-state index in [1.54, 1.807) is 0 Å². The number of carbonyl (C=O) groups excluding carboxylic acids is 2. The smallest absolute Gasteiger partial charge is 0.246 e. The summed E-state index contributed by atoms with van der Waals surface area (Å²) >= 11 is 5.69. The number of Topliss-reactive ketones (excluding diaryl/α,β-unsaturated/α-hetero) is 1. The van der Waals surface area contributed by atoms with E-state index in [1.165, 1.54) is 6.92 Å². The Morgan fingerprint density at radius 2 is 2.00 bits per heavy atom. The van der Waals surface area contributed by atoms with E-state index in [9.17, 15) is 9.59 Å². The molecule has 2 N–H and O–H groups in total. The van der Waals surface area contributed by atoms with Gasteiger partial charge in [0.2, 0.25) is 5.91 Å². The molecule has 0 fully saturated rings. The van der Waals surface area contributed by atoms with Crippen LogP contribution in [0, 0.1) is 0 Å². The molecule has 1 unspecified atom stereocenters. The zero-order valence-corrected chi connectivity index (χ0v) is 7.44. The molecule has 0 aromatic heterocycles. The first-order valence-electron chi connectivity index (χ1n) is 3.45. The Kier molecular flexibility index (Phi) is 3.52. The summed E-state index contributed by atoms with van der Waals surface area (Å²) in [6.07, 6.45) is 0.964. The van der Waals surface area contributed by atoms with Crippen molar-refractivity contribution < 1.29 is 9.59 Å². The highest BCUT2D eigenvalue weighted by Gasteiger charge is 2.38. The van der Waals surface area contributed by atoms with Gasteiger partial charge in [-0.25, -0.2) is 0 Å². The van der Waals surface area contributed by atoms with E-state index >= 15 is 0 Å². The summed E-state index contributed by atoms with van der Waals surface area (Å²) in [5.74, 6) is -1.14. The number of rotatable bonds is 4. The van der Waals surface area contributed by atoms with Gasteiger partial charge >= 0.3 is 0 Å². The molecule has 0 saturated carbocycles. The Hall–Kier alpha value is -0.570. The maximum Gasteiger partial charge on any atom is 0.246 e. The van der Waals surface area contributed by atoms with Crippen molar-refractivity contribution >= 4 is 23.3 Å². The quantitative estimate of drug-likeness (QED) is 0.511. The number of alkyl halides is 1. The summed E-state index contributed by atoms with van der Waals surface area (Å²) in [6, 6.07) is 0. The minimum Gasteiger partial charge on any atom is -0.368 e. The van der Waals surface area contributed by atoms with Gasteiger partial charge in [-0.1, -0.05) is 13.3 Å². The fraction of sp³-hybridized carbons (Fsp3) is 0.714. The monoisotopic (exact) mass is 177 g/mol. The molecule has 4 heteroatoms. The third kappa shape index (κ3) is 2.19. The summed E-state index contributed by atoms with van der Waals surface area (Å²) in [6.45, 7) is 3.11. The van der Waals surface area contributed by atoms with Crippen molar-refractivity contribution in [2.75, 3.05) is 0 Å². The van der Waals surface area contributed by atoms with Crippen LogP contribution in [0.5, 0.6) is 0 Å². The van der Waals surface area contributed by atoms with Gasteiger partial charge in [0, 0.05) is 0 Å². The lowest BCUT2D eigenvalue weighted by molar-refractivity contribution is -0.129. The van der Waals surface area contributed by atoms with E-state index < -0.39 is 10.8 Å². The van der Waals surface area contributed by atoms with Gasteiger partial charge in [0.05, 0.1) is 0 Å². The van der Waals surface area contributed by atoms with Crippen molar-refractivity contribution in [2.24, 2.45) is 5.73 Å². The van der Waals surface area contributed by atoms with Crippen molar-refractivity contribution in [3.63, 3.8) is 0 Å². The SMILES string of the molecule is CCCC(Cl)(C(C)=O)C(N)=O. The molecule has 0 heterocycles. The molecule has 0 aromatic carbocycles. The Morgan fingerprint density at radius 1 is 1.55 bits per heavy atom. The second-order valence-electron chi connectivity index (χ2n) is 2.47. The lowest BCUT2D eigenvalue weighted by atomic mass is 9.98.